The molecular weight excluding hydrogens is 132 g/mol. The zero-order chi connectivity index (χ0) is 7.98. The van der Waals surface area contributed by atoms with E-state index >= 15 is 0 Å². The summed E-state index contributed by atoms with van der Waals surface area (Å²) < 4.78 is 4.56. The highest BCUT2D eigenvalue weighted by Gasteiger charge is 2.00. The highest BCUT2D eigenvalue weighted by molar-refractivity contribution is 5.81. The lowest BCUT2D eigenvalue weighted by molar-refractivity contribution is -0.140. The lowest BCUT2D eigenvalue weighted by Gasteiger charge is -2.02. The van der Waals surface area contributed by atoms with E-state index in [4.69, 9.17) is 0 Å². The van der Waals surface area contributed by atoms with E-state index in [0.717, 1.165) is 12.2 Å². The van der Waals surface area contributed by atoms with Crippen molar-refractivity contribution >= 4 is 11.9 Å². The van der Waals surface area contributed by atoms with Crippen LogP contribution >= 0.6 is 0 Å². The van der Waals surface area contributed by atoms with Gasteiger partial charge in [-0.2, -0.15) is 0 Å². The van der Waals surface area contributed by atoms with Crippen molar-refractivity contribution in [2.24, 2.45) is 0 Å². The molecule has 0 amide bonds. The average molecular weight is 140 g/mol. The Kier molecular flexibility index (Phi) is 3.92. The minimum absolute atomic E-state index is 0.525. The first-order valence-electron chi connectivity index (χ1n) is 2.74. The molecule has 0 heterocycles. The summed E-state index contributed by atoms with van der Waals surface area (Å²) in [6.45, 7) is 4.75. The zero-order valence-electron chi connectivity index (χ0n) is 5.66. The van der Waals surface area contributed by atoms with Crippen molar-refractivity contribution in [1.29, 1.82) is 0 Å². The molecule has 0 aromatic heterocycles. The molecule has 1 atom stereocenters. The maximum atomic E-state index is 10.4. The summed E-state index contributed by atoms with van der Waals surface area (Å²) in [6, 6.07) is 0. The van der Waals surface area contributed by atoms with Crippen molar-refractivity contribution in [3.63, 3.8) is 0 Å². The van der Waals surface area contributed by atoms with Crippen molar-refractivity contribution in [2.75, 3.05) is 0 Å². The van der Waals surface area contributed by atoms with Gasteiger partial charge in [0.1, 0.15) is 12.0 Å². The molecule has 0 aliphatic heterocycles. The minimum Gasteiger partial charge on any atom is -0.455 e. The fourth-order valence-corrected chi connectivity index (χ4v) is 0.361. The highest BCUT2D eigenvalue weighted by atomic mass is 16.5. The van der Waals surface area contributed by atoms with E-state index in [0.29, 0.717) is 0 Å². The third-order valence-corrected chi connectivity index (χ3v) is 0.771. The van der Waals surface area contributed by atoms with E-state index in [1.165, 1.54) is 5.94 Å². The summed E-state index contributed by atoms with van der Waals surface area (Å²) in [5.74, 6) is 0.968. The number of rotatable bonds is 3. The number of ether oxygens (including phenoxy) is 1. The molecule has 0 bridgehead atoms. The van der Waals surface area contributed by atoms with Crippen LogP contribution in [-0.4, -0.2) is 18.0 Å². The molecule has 0 aromatic rings. The molecule has 0 saturated heterocycles. The van der Waals surface area contributed by atoms with Crippen LogP contribution in [-0.2, 0) is 14.3 Å². The largest absolute Gasteiger partial charge is 0.455 e. The van der Waals surface area contributed by atoms with Gasteiger partial charge in [-0.15, -0.1) is 0 Å². The molecule has 10 heavy (non-hydrogen) atoms. The van der Waals surface area contributed by atoms with Gasteiger partial charge < -0.3 is 4.74 Å². The molecule has 0 rings (SSSR count). The van der Waals surface area contributed by atoms with Gasteiger partial charge in [-0.3, -0.25) is 0 Å². The molecule has 3 nitrogen and oxygen atoms in total. The molecule has 0 N–H and O–H groups in total. The van der Waals surface area contributed by atoms with Crippen molar-refractivity contribution in [3.05, 3.63) is 18.7 Å². The van der Waals surface area contributed by atoms with Crippen LogP contribution in [0, 0.1) is 0 Å². The van der Waals surface area contributed by atoms with E-state index in [1.54, 1.807) is 6.92 Å². The summed E-state index contributed by atoms with van der Waals surface area (Å²) in [4.78, 5) is 20.1. The van der Waals surface area contributed by atoms with Gasteiger partial charge in [0, 0.05) is 12.2 Å². The first-order chi connectivity index (χ1) is 4.70. The fourth-order valence-electron chi connectivity index (χ4n) is 0.361. The summed E-state index contributed by atoms with van der Waals surface area (Å²) in [5, 5.41) is 0. The van der Waals surface area contributed by atoms with E-state index < -0.39 is 12.1 Å². The lowest BCUT2D eigenvalue weighted by atomic mass is 10.4. The average Bonchev–Trinajstić information content (AvgIpc) is 1.88. The van der Waals surface area contributed by atoms with Crippen LogP contribution in [0.3, 0.4) is 0 Å². The second-order valence-electron chi connectivity index (χ2n) is 1.63. The molecule has 0 saturated carbocycles. The number of hydrogen-bond donors (Lipinski definition) is 0. The Morgan fingerprint density at radius 2 is 2.40 bits per heavy atom. The van der Waals surface area contributed by atoms with Crippen molar-refractivity contribution in [1.82, 2.24) is 0 Å². The number of carbonyl (C=O) groups is 1. The third kappa shape index (κ3) is 3.64. The fraction of sp³-hybridized carbons (Fsp3) is 0.286. The van der Waals surface area contributed by atoms with Gasteiger partial charge in [0.2, 0.25) is 0 Å². The summed E-state index contributed by atoms with van der Waals surface area (Å²) in [6.07, 6.45) is 1.62. The molecule has 0 fully saturated rings. The first-order valence-corrected chi connectivity index (χ1v) is 2.74. The maximum absolute atomic E-state index is 10.4. The van der Waals surface area contributed by atoms with Crippen LogP contribution in [0.1, 0.15) is 6.92 Å². The van der Waals surface area contributed by atoms with E-state index in [2.05, 4.69) is 11.3 Å². The SMILES string of the molecule is C=CC(=O)OC(C)C=C=O. The molecule has 0 radical (unpaired) electrons. The van der Waals surface area contributed by atoms with E-state index in [9.17, 15) is 9.59 Å². The van der Waals surface area contributed by atoms with Gasteiger partial charge in [0.25, 0.3) is 0 Å². The summed E-state index contributed by atoms with van der Waals surface area (Å²) in [7, 11) is 0. The van der Waals surface area contributed by atoms with Crippen LogP contribution in [0.2, 0.25) is 0 Å². The van der Waals surface area contributed by atoms with Crippen LogP contribution in [0.4, 0.5) is 0 Å². The number of esters is 1. The Morgan fingerprint density at radius 3 is 2.80 bits per heavy atom. The van der Waals surface area contributed by atoms with E-state index in [1.807, 2.05) is 0 Å². The Bertz CT molecular complexity index is 177. The quantitative estimate of drug-likeness (QED) is 0.325. The first kappa shape index (κ1) is 8.66. The predicted octanol–water partition coefficient (Wildman–Crippen LogP) is 0.492. The predicted molar refractivity (Wildman–Crippen MR) is 36.0 cm³/mol. The van der Waals surface area contributed by atoms with Crippen molar-refractivity contribution in [2.45, 2.75) is 13.0 Å². The van der Waals surface area contributed by atoms with Gasteiger partial charge in [-0.1, -0.05) is 6.58 Å². The van der Waals surface area contributed by atoms with Crippen LogP contribution < -0.4 is 0 Å². The van der Waals surface area contributed by atoms with Gasteiger partial charge >= 0.3 is 5.97 Å². The molecule has 0 spiro atoms. The third-order valence-electron chi connectivity index (χ3n) is 0.771. The van der Waals surface area contributed by atoms with Crippen LogP contribution in [0.15, 0.2) is 18.7 Å². The van der Waals surface area contributed by atoms with Crippen molar-refractivity contribution < 1.29 is 14.3 Å². The number of carbonyl (C=O) groups excluding carboxylic acids is 2. The Morgan fingerprint density at radius 1 is 1.80 bits per heavy atom. The summed E-state index contributed by atoms with van der Waals surface area (Å²) in [5.41, 5.74) is 0. The molecule has 0 aliphatic rings. The van der Waals surface area contributed by atoms with Gasteiger partial charge in [0.05, 0.1) is 0 Å². The van der Waals surface area contributed by atoms with Crippen LogP contribution in [0.25, 0.3) is 0 Å². The van der Waals surface area contributed by atoms with Crippen molar-refractivity contribution in [3.8, 4) is 0 Å². The van der Waals surface area contributed by atoms with Gasteiger partial charge in [-0.05, 0) is 6.92 Å². The highest BCUT2D eigenvalue weighted by Crippen LogP contribution is 1.90. The second kappa shape index (κ2) is 4.53. The molecule has 1 unspecified atom stereocenters. The van der Waals surface area contributed by atoms with Gasteiger partial charge in [0.15, 0.2) is 0 Å². The smallest absolute Gasteiger partial charge is 0.330 e. The van der Waals surface area contributed by atoms with Crippen LogP contribution in [0.5, 0.6) is 0 Å². The lowest BCUT2D eigenvalue weighted by Crippen LogP contribution is -2.09. The molecule has 0 aromatic carbocycles. The Hall–Kier alpha value is -1.34. The molecule has 54 valence electrons. The molecule has 0 aliphatic carbocycles. The normalized spacial score (nSPS) is 10.9. The topological polar surface area (TPSA) is 43.4 Å². The molecular formula is C7H8O3. The number of hydrogen-bond acceptors (Lipinski definition) is 3. The van der Waals surface area contributed by atoms with E-state index in [-0.39, 0.29) is 0 Å². The minimum atomic E-state index is -0.543. The molecule has 3 heteroatoms. The summed E-state index contributed by atoms with van der Waals surface area (Å²) >= 11 is 0. The van der Waals surface area contributed by atoms with Gasteiger partial charge in [-0.25, -0.2) is 9.59 Å². The Balaban J connectivity index is 3.78. The maximum Gasteiger partial charge on any atom is 0.330 e. The zero-order valence-corrected chi connectivity index (χ0v) is 5.66. The monoisotopic (exact) mass is 140 g/mol. The standard InChI is InChI=1S/C7H8O3/c1-3-7(9)10-6(2)4-5-8/h3-4,6H,1H2,2H3. The second-order valence-corrected chi connectivity index (χ2v) is 1.63. The Labute approximate surface area is 59.0 Å².